The molecule has 4 N–H and O–H groups in total. The smallest absolute Gasteiger partial charge is 0.508 e. The molecule has 0 bridgehead atoms. The minimum absolute atomic E-state index is 0.0619. The van der Waals surface area contributed by atoms with Gasteiger partial charge in [-0.3, -0.25) is 9.36 Å². The Kier molecular flexibility index (Phi) is 6.34. The molecule has 0 radical (unpaired) electrons. The topological polar surface area (TPSA) is 133 Å². The van der Waals surface area contributed by atoms with Crippen molar-refractivity contribution in [3.8, 4) is 28.3 Å². The van der Waals surface area contributed by atoms with Crippen LogP contribution >= 0.6 is 0 Å². The number of ether oxygens (including phenoxy) is 1. The molecule has 10 nitrogen and oxygen atoms in total. The molecular weight excluding hydrogens is 515 g/mol. The van der Waals surface area contributed by atoms with E-state index in [-0.39, 0.29) is 28.3 Å². The molecule has 39 heavy (non-hydrogen) atoms. The van der Waals surface area contributed by atoms with Gasteiger partial charge in [0.25, 0.3) is 5.56 Å². The third-order valence-electron chi connectivity index (χ3n) is 5.96. The average molecular weight is 538 g/mol. The normalized spacial score (nSPS) is 12.4. The molecule has 5 rings (SSSR count). The van der Waals surface area contributed by atoms with Gasteiger partial charge in [-0.15, -0.1) is 13.2 Å². The summed E-state index contributed by atoms with van der Waals surface area (Å²) in [4.78, 5) is 21.8. The van der Waals surface area contributed by atoms with E-state index in [1.54, 1.807) is 43.5 Å². The molecule has 0 saturated heterocycles. The predicted octanol–water partition coefficient (Wildman–Crippen LogP) is 4.61. The highest BCUT2D eigenvalue weighted by molar-refractivity contribution is 5.84. The largest absolute Gasteiger partial charge is 0.573 e. The van der Waals surface area contributed by atoms with Crippen LogP contribution in [0.5, 0.6) is 11.5 Å². The summed E-state index contributed by atoms with van der Waals surface area (Å²) >= 11 is 0. The highest BCUT2D eigenvalue weighted by Crippen LogP contribution is 2.38. The Hall–Kier alpha value is -5.07. The number of nitrogens with two attached hydrogens (primary N) is 1. The fourth-order valence-electron chi connectivity index (χ4n) is 4.32. The quantitative estimate of drug-likeness (QED) is 0.286. The van der Waals surface area contributed by atoms with Gasteiger partial charge in [0.15, 0.2) is 5.82 Å². The number of halogens is 3. The van der Waals surface area contributed by atoms with E-state index in [1.807, 2.05) is 13.0 Å². The first-order valence-corrected chi connectivity index (χ1v) is 11.7. The van der Waals surface area contributed by atoms with Crippen molar-refractivity contribution in [2.75, 3.05) is 11.1 Å². The Morgan fingerprint density at radius 2 is 1.85 bits per heavy atom. The Morgan fingerprint density at radius 1 is 1.10 bits per heavy atom. The van der Waals surface area contributed by atoms with Gasteiger partial charge in [0, 0.05) is 12.3 Å². The van der Waals surface area contributed by atoms with E-state index in [0.29, 0.717) is 17.0 Å². The highest BCUT2D eigenvalue weighted by Gasteiger charge is 2.32. The number of aromatic hydroxyl groups is 1. The molecule has 2 aromatic carbocycles. The van der Waals surface area contributed by atoms with Crippen LogP contribution in [0, 0.1) is 6.92 Å². The molecule has 1 atom stereocenters. The second-order valence-electron chi connectivity index (χ2n) is 8.74. The summed E-state index contributed by atoms with van der Waals surface area (Å²) in [6.45, 7) is 3.56. The van der Waals surface area contributed by atoms with Crippen molar-refractivity contribution in [2.45, 2.75) is 26.3 Å². The third-order valence-corrected chi connectivity index (χ3v) is 5.96. The molecule has 0 aliphatic heterocycles. The zero-order valence-electron chi connectivity index (χ0n) is 20.6. The number of alkyl halides is 3. The maximum absolute atomic E-state index is 13.6. The Bertz CT molecular complexity index is 1730. The lowest BCUT2D eigenvalue weighted by molar-refractivity contribution is -0.274. The van der Waals surface area contributed by atoms with Gasteiger partial charge in [0.05, 0.1) is 17.3 Å². The minimum atomic E-state index is -4.97. The van der Waals surface area contributed by atoms with Crippen LogP contribution in [0.3, 0.4) is 0 Å². The molecule has 0 aliphatic carbocycles. The molecule has 5 aromatic rings. The van der Waals surface area contributed by atoms with Crippen LogP contribution in [-0.4, -0.2) is 35.6 Å². The van der Waals surface area contributed by atoms with E-state index in [0.717, 1.165) is 17.7 Å². The molecule has 0 aliphatic rings. The number of nitrogens with zero attached hydrogens (tertiary/aromatic N) is 5. The summed E-state index contributed by atoms with van der Waals surface area (Å²) in [6.07, 6.45) is -2.11. The number of phenols is 1. The van der Waals surface area contributed by atoms with Crippen molar-refractivity contribution >= 4 is 17.2 Å². The maximum Gasteiger partial charge on any atom is 0.573 e. The van der Waals surface area contributed by atoms with Gasteiger partial charge in [-0.05, 0) is 55.3 Å². The summed E-state index contributed by atoms with van der Waals surface area (Å²) < 4.78 is 45.5. The SMILES string of the molecule is Cc1ccn2nc(C(C)Nc3ncnc(N)c3-c3cc(O)cc(OC(F)(F)F)c3)n(-c3ccccc3)c(=O)c12. The van der Waals surface area contributed by atoms with Crippen molar-refractivity contribution in [2.24, 2.45) is 0 Å². The Labute approximate surface area is 219 Å². The highest BCUT2D eigenvalue weighted by atomic mass is 19.4. The van der Waals surface area contributed by atoms with Crippen LogP contribution in [0.1, 0.15) is 24.4 Å². The zero-order chi connectivity index (χ0) is 27.9. The van der Waals surface area contributed by atoms with Gasteiger partial charge in [-0.2, -0.15) is 5.10 Å². The summed E-state index contributed by atoms with van der Waals surface area (Å²) in [7, 11) is 0. The number of nitrogen functional groups attached to an aromatic ring is 1. The lowest BCUT2D eigenvalue weighted by atomic mass is 10.1. The van der Waals surface area contributed by atoms with E-state index in [9.17, 15) is 23.1 Å². The van der Waals surface area contributed by atoms with Crippen molar-refractivity contribution in [3.05, 3.63) is 88.9 Å². The second-order valence-corrected chi connectivity index (χ2v) is 8.74. The van der Waals surface area contributed by atoms with Crippen LogP contribution in [0.4, 0.5) is 24.8 Å². The number of aryl methyl sites for hydroxylation is 1. The third kappa shape index (κ3) is 5.06. The number of anilines is 2. The number of para-hydroxylation sites is 1. The van der Waals surface area contributed by atoms with E-state index in [1.165, 1.54) is 21.5 Å². The molecule has 0 amide bonds. The fourth-order valence-corrected chi connectivity index (χ4v) is 4.32. The maximum atomic E-state index is 13.6. The van der Waals surface area contributed by atoms with Gasteiger partial charge >= 0.3 is 6.36 Å². The number of benzene rings is 2. The minimum Gasteiger partial charge on any atom is -0.508 e. The lowest BCUT2D eigenvalue weighted by Crippen LogP contribution is -2.29. The van der Waals surface area contributed by atoms with Crippen molar-refractivity contribution in [1.29, 1.82) is 0 Å². The number of hydrogen-bond donors (Lipinski definition) is 3. The van der Waals surface area contributed by atoms with Gasteiger partial charge in [0.1, 0.15) is 35.0 Å². The predicted molar refractivity (Wildman–Crippen MR) is 138 cm³/mol. The Balaban J connectivity index is 1.62. The number of fused-ring (bicyclic) bond motifs is 1. The van der Waals surface area contributed by atoms with E-state index >= 15 is 0 Å². The molecule has 3 heterocycles. The molecule has 200 valence electrons. The van der Waals surface area contributed by atoms with Gasteiger partial charge in [-0.1, -0.05) is 18.2 Å². The van der Waals surface area contributed by atoms with Crippen LogP contribution in [0.25, 0.3) is 22.3 Å². The number of nitrogens with one attached hydrogen (secondary N) is 1. The molecule has 13 heteroatoms. The van der Waals surface area contributed by atoms with Crippen LogP contribution < -0.4 is 21.3 Å². The standard InChI is InChI=1S/C26H22F3N7O3/c1-14-8-9-35-21(14)25(38)36(17-6-4-3-5-7-17)24(34-35)15(2)33-23-20(22(30)31-13-32-23)16-10-18(37)12-19(11-16)39-26(27,28)29/h3-13,15,37H,1-2H3,(H3,30,31,32,33). The first-order valence-electron chi connectivity index (χ1n) is 11.7. The summed E-state index contributed by atoms with van der Waals surface area (Å²) in [5, 5.41) is 17.9. The molecule has 0 saturated carbocycles. The second kappa shape index (κ2) is 9.67. The van der Waals surface area contributed by atoms with E-state index in [2.05, 4.69) is 25.1 Å². The molecule has 0 fully saturated rings. The van der Waals surface area contributed by atoms with Crippen molar-refractivity contribution < 1.29 is 23.0 Å². The number of rotatable bonds is 6. The Morgan fingerprint density at radius 3 is 2.56 bits per heavy atom. The van der Waals surface area contributed by atoms with Gasteiger partial charge in [-0.25, -0.2) is 14.5 Å². The molecule has 0 spiro atoms. The van der Waals surface area contributed by atoms with Crippen molar-refractivity contribution in [3.63, 3.8) is 0 Å². The summed E-state index contributed by atoms with van der Waals surface area (Å²) in [5.74, 6) is -0.728. The van der Waals surface area contributed by atoms with E-state index < -0.39 is 23.9 Å². The molecule has 1 unspecified atom stereocenters. The lowest BCUT2D eigenvalue weighted by Gasteiger charge is -2.21. The number of aromatic nitrogens is 5. The van der Waals surface area contributed by atoms with E-state index in [4.69, 9.17) is 5.73 Å². The summed E-state index contributed by atoms with van der Waals surface area (Å²) in [6, 6.07) is 13.2. The molecule has 3 aromatic heterocycles. The fraction of sp³-hybridized carbons (Fsp3) is 0.154. The number of hydrogen-bond acceptors (Lipinski definition) is 8. The number of phenolic OH excluding ortho intramolecular Hbond substituents is 1. The van der Waals surface area contributed by atoms with Crippen LogP contribution in [0.2, 0.25) is 0 Å². The summed E-state index contributed by atoms with van der Waals surface area (Å²) in [5.41, 5.74) is 7.79. The van der Waals surface area contributed by atoms with Gasteiger partial charge in [0.2, 0.25) is 0 Å². The first kappa shape index (κ1) is 25.6. The zero-order valence-corrected chi connectivity index (χ0v) is 20.6. The first-order chi connectivity index (χ1) is 18.5. The van der Waals surface area contributed by atoms with Crippen LogP contribution in [-0.2, 0) is 0 Å². The van der Waals surface area contributed by atoms with Crippen LogP contribution in [0.15, 0.2) is 71.9 Å². The average Bonchev–Trinajstić information content (AvgIpc) is 3.24. The molecular formula is C26H22F3N7O3. The van der Waals surface area contributed by atoms with Gasteiger partial charge < -0.3 is 20.9 Å². The van der Waals surface area contributed by atoms with Crippen molar-refractivity contribution in [1.82, 2.24) is 24.1 Å². The monoisotopic (exact) mass is 537 g/mol.